The minimum atomic E-state index is 0.796. The summed E-state index contributed by atoms with van der Waals surface area (Å²) in [5, 5.41) is 11.9. The highest BCUT2D eigenvalue weighted by Gasteiger charge is 2.00. The maximum atomic E-state index is 5.11. The molecule has 0 aliphatic carbocycles. The van der Waals surface area contributed by atoms with Gasteiger partial charge >= 0.3 is 0 Å². The molecule has 0 amide bonds. The van der Waals surface area contributed by atoms with Gasteiger partial charge in [-0.05, 0) is 40.0 Å². The molecule has 1 aromatic carbocycles. The summed E-state index contributed by atoms with van der Waals surface area (Å²) in [5.74, 6) is 0.884. The number of aromatic nitrogens is 2. The third-order valence-electron chi connectivity index (χ3n) is 2.25. The Kier molecular flexibility index (Phi) is 4.33. The van der Waals surface area contributed by atoms with E-state index in [1.54, 1.807) is 7.11 Å². The largest absolute Gasteiger partial charge is 0.497 e. The Hall–Kier alpha value is -1.14. The summed E-state index contributed by atoms with van der Waals surface area (Å²) in [4.78, 5) is 0. The number of rotatable bonds is 5. The molecular weight excluding hydrogens is 302 g/mol. The molecule has 0 aliphatic rings. The van der Waals surface area contributed by atoms with Gasteiger partial charge in [-0.15, -0.1) is 10.2 Å². The van der Waals surface area contributed by atoms with Crippen LogP contribution in [0.25, 0.3) is 0 Å². The first kappa shape index (κ1) is 12.3. The van der Waals surface area contributed by atoms with Gasteiger partial charge in [0.25, 0.3) is 0 Å². The summed E-state index contributed by atoms with van der Waals surface area (Å²) in [6.07, 6.45) is 0.946. The van der Waals surface area contributed by atoms with Gasteiger partial charge in [-0.2, -0.15) is 0 Å². The van der Waals surface area contributed by atoms with Crippen LogP contribution in [-0.4, -0.2) is 23.9 Å². The van der Waals surface area contributed by atoms with Gasteiger partial charge in [-0.1, -0.05) is 23.5 Å². The minimum absolute atomic E-state index is 0.796. The lowest BCUT2D eigenvalue weighted by Gasteiger charge is -2.04. The number of hydrogen-bond donors (Lipinski definition) is 1. The van der Waals surface area contributed by atoms with Gasteiger partial charge in [0, 0.05) is 6.54 Å². The van der Waals surface area contributed by atoms with Crippen molar-refractivity contribution in [3.63, 3.8) is 0 Å². The highest BCUT2D eigenvalue weighted by molar-refractivity contribution is 9.11. The standard InChI is InChI=1S/C11H12BrN3OS/c1-16-9-4-2-8(3-5-9)6-7-13-11-15-14-10(12)17-11/h2-5H,6-7H2,1H3,(H,13,15). The zero-order valence-corrected chi connectivity index (χ0v) is 11.7. The Balaban J connectivity index is 1.81. The van der Waals surface area contributed by atoms with Gasteiger partial charge in [-0.25, -0.2) is 0 Å². The Morgan fingerprint density at radius 2 is 2.06 bits per heavy atom. The molecule has 1 aromatic heterocycles. The van der Waals surface area contributed by atoms with E-state index in [1.807, 2.05) is 12.1 Å². The summed E-state index contributed by atoms with van der Waals surface area (Å²) >= 11 is 4.77. The van der Waals surface area contributed by atoms with Crippen LogP contribution in [0.5, 0.6) is 5.75 Å². The number of methoxy groups -OCH3 is 1. The molecule has 0 fully saturated rings. The Bertz CT molecular complexity index is 472. The van der Waals surface area contributed by atoms with E-state index >= 15 is 0 Å². The second kappa shape index (κ2) is 5.97. The predicted molar refractivity (Wildman–Crippen MR) is 72.8 cm³/mol. The van der Waals surface area contributed by atoms with Crippen LogP contribution in [0.15, 0.2) is 28.2 Å². The molecule has 0 radical (unpaired) electrons. The third-order valence-corrected chi connectivity index (χ3v) is 3.56. The molecule has 0 atom stereocenters. The van der Waals surface area contributed by atoms with Crippen LogP contribution in [-0.2, 0) is 6.42 Å². The average molecular weight is 314 g/mol. The molecule has 2 rings (SSSR count). The van der Waals surface area contributed by atoms with Crippen molar-refractivity contribution >= 4 is 32.4 Å². The second-order valence-corrected chi connectivity index (χ2v) is 5.64. The molecule has 0 bridgehead atoms. The van der Waals surface area contributed by atoms with Gasteiger partial charge in [0.05, 0.1) is 7.11 Å². The third kappa shape index (κ3) is 3.67. The number of halogens is 1. The van der Waals surface area contributed by atoms with Gasteiger partial charge in [0.1, 0.15) is 5.75 Å². The number of nitrogens with zero attached hydrogens (tertiary/aromatic N) is 2. The number of ether oxygens (including phenoxy) is 1. The molecule has 90 valence electrons. The van der Waals surface area contributed by atoms with Gasteiger partial charge in [0.15, 0.2) is 3.92 Å². The quantitative estimate of drug-likeness (QED) is 0.922. The fourth-order valence-electron chi connectivity index (χ4n) is 1.38. The molecule has 1 N–H and O–H groups in total. The van der Waals surface area contributed by atoms with E-state index in [2.05, 4.69) is 43.6 Å². The SMILES string of the molecule is COc1ccc(CCNc2nnc(Br)s2)cc1. The molecule has 17 heavy (non-hydrogen) atoms. The molecular formula is C11H12BrN3OS. The van der Waals surface area contributed by atoms with E-state index in [0.717, 1.165) is 27.8 Å². The van der Waals surface area contributed by atoms with Crippen LogP contribution in [0.4, 0.5) is 5.13 Å². The molecule has 0 saturated carbocycles. The summed E-state index contributed by atoms with van der Waals surface area (Å²) in [6.45, 7) is 0.841. The number of nitrogens with one attached hydrogen (secondary N) is 1. The van der Waals surface area contributed by atoms with Crippen molar-refractivity contribution in [3.8, 4) is 5.75 Å². The van der Waals surface area contributed by atoms with Crippen LogP contribution >= 0.6 is 27.3 Å². The fourth-order valence-corrected chi connectivity index (χ4v) is 2.42. The summed E-state index contributed by atoms with van der Waals surface area (Å²) in [5.41, 5.74) is 1.27. The van der Waals surface area contributed by atoms with Crippen molar-refractivity contribution < 1.29 is 4.74 Å². The molecule has 6 heteroatoms. The van der Waals surface area contributed by atoms with Crippen molar-refractivity contribution in [2.45, 2.75) is 6.42 Å². The van der Waals surface area contributed by atoms with Gasteiger partial charge in [-0.3, -0.25) is 0 Å². The molecule has 0 aliphatic heterocycles. The summed E-state index contributed by atoms with van der Waals surface area (Å²) in [6, 6.07) is 8.07. The zero-order chi connectivity index (χ0) is 12.1. The highest BCUT2D eigenvalue weighted by atomic mass is 79.9. The lowest BCUT2D eigenvalue weighted by Crippen LogP contribution is -2.04. The smallest absolute Gasteiger partial charge is 0.206 e. The van der Waals surface area contributed by atoms with Crippen molar-refractivity contribution in [1.82, 2.24) is 10.2 Å². The average Bonchev–Trinajstić information content (AvgIpc) is 2.76. The van der Waals surface area contributed by atoms with E-state index in [9.17, 15) is 0 Å². The lowest BCUT2D eigenvalue weighted by molar-refractivity contribution is 0.414. The monoisotopic (exact) mass is 313 g/mol. The molecule has 0 saturated heterocycles. The lowest BCUT2D eigenvalue weighted by atomic mass is 10.1. The van der Waals surface area contributed by atoms with Crippen molar-refractivity contribution in [3.05, 3.63) is 33.7 Å². The summed E-state index contributed by atoms with van der Waals surface area (Å²) in [7, 11) is 1.67. The highest BCUT2D eigenvalue weighted by Crippen LogP contribution is 2.20. The topological polar surface area (TPSA) is 47.0 Å². The van der Waals surface area contributed by atoms with E-state index in [0.29, 0.717) is 0 Å². The second-order valence-electron chi connectivity index (χ2n) is 3.39. The van der Waals surface area contributed by atoms with Crippen molar-refractivity contribution in [1.29, 1.82) is 0 Å². The first-order valence-electron chi connectivity index (χ1n) is 5.14. The summed E-state index contributed by atoms with van der Waals surface area (Å²) < 4.78 is 5.90. The van der Waals surface area contributed by atoms with Crippen LogP contribution in [0.1, 0.15) is 5.56 Å². The zero-order valence-electron chi connectivity index (χ0n) is 9.31. The molecule has 1 heterocycles. The van der Waals surface area contributed by atoms with E-state index in [1.165, 1.54) is 16.9 Å². The first-order valence-corrected chi connectivity index (χ1v) is 6.74. The van der Waals surface area contributed by atoms with E-state index < -0.39 is 0 Å². The minimum Gasteiger partial charge on any atom is -0.497 e. The van der Waals surface area contributed by atoms with Crippen LogP contribution in [0.3, 0.4) is 0 Å². The Labute approximate surface area is 112 Å². The van der Waals surface area contributed by atoms with Crippen LogP contribution in [0, 0.1) is 0 Å². The fraction of sp³-hybridized carbons (Fsp3) is 0.273. The van der Waals surface area contributed by atoms with Crippen molar-refractivity contribution in [2.24, 2.45) is 0 Å². The maximum absolute atomic E-state index is 5.11. The molecule has 0 unspecified atom stereocenters. The van der Waals surface area contributed by atoms with Crippen molar-refractivity contribution in [2.75, 3.05) is 19.0 Å². The van der Waals surface area contributed by atoms with Gasteiger partial charge in [0.2, 0.25) is 5.13 Å². The maximum Gasteiger partial charge on any atom is 0.206 e. The normalized spacial score (nSPS) is 10.2. The molecule has 2 aromatic rings. The van der Waals surface area contributed by atoms with E-state index in [4.69, 9.17) is 4.74 Å². The van der Waals surface area contributed by atoms with E-state index in [-0.39, 0.29) is 0 Å². The Morgan fingerprint density at radius 1 is 1.29 bits per heavy atom. The predicted octanol–water partition coefficient (Wildman–Crippen LogP) is 2.96. The molecule has 0 spiro atoms. The number of hydrogen-bond acceptors (Lipinski definition) is 5. The molecule has 4 nitrogen and oxygen atoms in total. The van der Waals surface area contributed by atoms with Crippen LogP contribution in [0.2, 0.25) is 0 Å². The van der Waals surface area contributed by atoms with Gasteiger partial charge < -0.3 is 10.1 Å². The number of benzene rings is 1. The Morgan fingerprint density at radius 3 is 2.65 bits per heavy atom. The first-order chi connectivity index (χ1) is 8.28. The number of anilines is 1. The van der Waals surface area contributed by atoms with Crippen LogP contribution < -0.4 is 10.1 Å².